The molecule has 0 amide bonds. The summed E-state index contributed by atoms with van der Waals surface area (Å²) in [6.45, 7) is 4.23. The molecule has 0 aromatic rings. The van der Waals surface area contributed by atoms with Crippen LogP contribution in [0.2, 0.25) is 0 Å². The van der Waals surface area contributed by atoms with Crippen LogP contribution in [0.4, 0.5) is 0 Å². The summed E-state index contributed by atoms with van der Waals surface area (Å²) in [6.07, 6.45) is 5.30. The van der Waals surface area contributed by atoms with Crippen LogP contribution in [0.5, 0.6) is 0 Å². The molecule has 1 rings (SSSR count). The van der Waals surface area contributed by atoms with E-state index in [9.17, 15) is 4.79 Å². The molecule has 0 aromatic heterocycles. The van der Waals surface area contributed by atoms with Gasteiger partial charge in [0.05, 0.1) is 11.7 Å². The van der Waals surface area contributed by atoms with E-state index in [-0.39, 0.29) is 12.1 Å². The van der Waals surface area contributed by atoms with Crippen molar-refractivity contribution in [2.45, 2.75) is 20.0 Å². The van der Waals surface area contributed by atoms with Crippen LogP contribution in [-0.4, -0.2) is 18.6 Å². The molecule has 3 nitrogen and oxygen atoms in total. The number of dihydropyridines is 1. The molecule has 1 aliphatic heterocycles. The summed E-state index contributed by atoms with van der Waals surface area (Å²) in [5.74, 6) is -0.234. The summed E-state index contributed by atoms with van der Waals surface area (Å²) < 4.78 is 5.01. The van der Waals surface area contributed by atoms with E-state index in [0.29, 0.717) is 12.1 Å². The lowest BCUT2D eigenvalue weighted by atomic mass is 10.2. The van der Waals surface area contributed by atoms with Crippen molar-refractivity contribution in [1.29, 1.82) is 0 Å². The number of esters is 1. The quantitative estimate of drug-likeness (QED) is 0.623. The predicted octanol–water partition coefficient (Wildman–Crippen LogP) is 0.981. The van der Waals surface area contributed by atoms with Crippen molar-refractivity contribution in [3.8, 4) is 0 Å². The van der Waals surface area contributed by atoms with Gasteiger partial charge in [-0.3, -0.25) is 0 Å². The van der Waals surface area contributed by atoms with Gasteiger partial charge < -0.3 is 10.1 Å². The van der Waals surface area contributed by atoms with Crippen LogP contribution in [0.15, 0.2) is 23.9 Å². The minimum Gasteiger partial charge on any atom is -0.460 e. The average Bonchev–Trinajstić information content (AvgIpc) is 2.05. The minimum atomic E-state index is -0.234. The number of allylic oxidation sites excluding steroid dienone is 2. The summed E-state index contributed by atoms with van der Waals surface area (Å²) >= 11 is 0. The molecule has 0 fully saturated rings. The molecule has 0 aromatic carbocycles. The SMILES string of the molecule is CC(C)OC(=O)C1=CC=CNC1. The summed E-state index contributed by atoms with van der Waals surface area (Å²) in [6, 6.07) is 0. The molecular weight excluding hydrogens is 154 g/mol. The Morgan fingerprint density at radius 2 is 2.42 bits per heavy atom. The van der Waals surface area contributed by atoms with Gasteiger partial charge in [-0.2, -0.15) is 0 Å². The number of carbonyl (C=O) groups is 1. The summed E-state index contributed by atoms with van der Waals surface area (Å²) in [7, 11) is 0. The third-order valence-electron chi connectivity index (χ3n) is 1.41. The van der Waals surface area contributed by atoms with Gasteiger partial charge in [-0.05, 0) is 32.2 Å². The molecule has 0 aliphatic carbocycles. The molecule has 66 valence electrons. The number of rotatable bonds is 2. The van der Waals surface area contributed by atoms with E-state index in [1.54, 1.807) is 18.4 Å². The van der Waals surface area contributed by atoms with Crippen molar-refractivity contribution in [1.82, 2.24) is 5.32 Å². The zero-order chi connectivity index (χ0) is 8.97. The van der Waals surface area contributed by atoms with E-state index >= 15 is 0 Å². The van der Waals surface area contributed by atoms with Crippen molar-refractivity contribution in [3.05, 3.63) is 23.9 Å². The van der Waals surface area contributed by atoms with E-state index in [0.717, 1.165) is 0 Å². The van der Waals surface area contributed by atoms with Gasteiger partial charge in [-0.25, -0.2) is 4.79 Å². The van der Waals surface area contributed by atoms with Crippen LogP contribution in [0.25, 0.3) is 0 Å². The number of hydrogen-bond acceptors (Lipinski definition) is 3. The van der Waals surface area contributed by atoms with Gasteiger partial charge in [-0.15, -0.1) is 0 Å². The normalized spacial score (nSPS) is 15.4. The molecule has 0 bridgehead atoms. The highest BCUT2D eigenvalue weighted by atomic mass is 16.5. The van der Waals surface area contributed by atoms with E-state index < -0.39 is 0 Å². The van der Waals surface area contributed by atoms with Gasteiger partial charge in [0.25, 0.3) is 0 Å². The van der Waals surface area contributed by atoms with Crippen LogP contribution < -0.4 is 5.32 Å². The average molecular weight is 167 g/mol. The molecular formula is C9H13NO2. The molecule has 0 spiro atoms. The van der Waals surface area contributed by atoms with Gasteiger partial charge in [0, 0.05) is 6.54 Å². The maximum Gasteiger partial charge on any atom is 0.336 e. The van der Waals surface area contributed by atoms with Crippen LogP contribution in [0.3, 0.4) is 0 Å². The lowest BCUT2D eigenvalue weighted by Gasteiger charge is -2.12. The molecule has 1 N–H and O–H groups in total. The Kier molecular flexibility index (Phi) is 2.91. The topological polar surface area (TPSA) is 38.3 Å². The Hall–Kier alpha value is -1.25. The number of ether oxygens (including phenoxy) is 1. The van der Waals surface area contributed by atoms with Crippen molar-refractivity contribution < 1.29 is 9.53 Å². The van der Waals surface area contributed by atoms with Crippen molar-refractivity contribution in [2.24, 2.45) is 0 Å². The standard InChI is InChI=1S/C9H13NO2/c1-7(2)12-9(11)8-4-3-5-10-6-8/h3-5,7,10H,6H2,1-2H3. The first-order chi connectivity index (χ1) is 5.70. The number of nitrogens with one attached hydrogen (secondary N) is 1. The Balaban J connectivity index is 2.51. The molecule has 0 atom stereocenters. The van der Waals surface area contributed by atoms with E-state index in [2.05, 4.69) is 5.32 Å². The summed E-state index contributed by atoms with van der Waals surface area (Å²) in [5, 5.41) is 2.94. The zero-order valence-electron chi connectivity index (χ0n) is 7.33. The highest BCUT2D eigenvalue weighted by Gasteiger charge is 2.12. The third kappa shape index (κ3) is 2.42. The highest BCUT2D eigenvalue weighted by molar-refractivity contribution is 5.89. The first kappa shape index (κ1) is 8.84. The first-order valence-corrected chi connectivity index (χ1v) is 4.00. The fourth-order valence-corrected chi connectivity index (χ4v) is 0.890. The third-order valence-corrected chi connectivity index (χ3v) is 1.41. The molecule has 1 aliphatic rings. The maximum absolute atomic E-state index is 11.2. The fourth-order valence-electron chi connectivity index (χ4n) is 0.890. The van der Waals surface area contributed by atoms with Gasteiger partial charge in [-0.1, -0.05) is 0 Å². The fraction of sp³-hybridized carbons (Fsp3) is 0.444. The molecule has 0 saturated carbocycles. The Morgan fingerprint density at radius 1 is 1.67 bits per heavy atom. The summed E-state index contributed by atoms with van der Waals surface area (Å²) in [4.78, 5) is 11.2. The van der Waals surface area contributed by atoms with Gasteiger partial charge in [0.2, 0.25) is 0 Å². The maximum atomic E-state index is 11.2. The number of hydrogen-bond donors (Lipinski definition) is 1. The zero-order valence-corrected chi connectivity index (χ0v) is 7.33. The molecule has 1 heterocycles. The van der Waals surface area contributed by atoms with Crippen LogP contribution in [0, 0.1) is 0 Å². The van der Waals surface area contributed by atoms with E-state index in [1.807, 2.05) is 13.8 Å². The van der Waals surface area contributed by atoms with Crippen molar-refractivity contribution in [3.63, 3.8) is 0 Å². The van der Waals surface area contributed by atoms with E-state index in [4.69, 9.17) is 4.74 Å². The smallest absolute Gasteiger partial charge is 0.336 e. The van der Waals surface area contributed by atoms with E-state index in [1.165, 1.54) is 0 Å². The molecule has 0 saturated heterocycles. The molecule has 0 unspecified atom stereocenters. The first-order valence-electron chi connectivity index (χ1n) is 4.00. The molecule has 12 heavy (non-hydrogen) atoms. The van der Waals surface area contributed by atoms with Crippen molar-refractivity contribution >= 4 is 5.97 Å². The number of carbonyl (C=O) groups excluding carboxylic acids is 1. The second kappa shape index (κ2) is 3.95. The largest absolute Gasteiger partial charge is 0.460 e. The molecule has 0 radical (unpaired) electrons. The van der Waals surface area contributed by atoms with Crippen LogP contribution in [-0.2, 0) is 9.53 Å². The monoisotopic (exact) mass is 167 g/mol. The lowest BCUT2D eigenvalue weighted by Crippen LogP contribution is -2.22. The minimum absolute atomic E-state index is 0.0516. The van der Waals surface area contributed by atoms with Crippen LogP contribution >= 0.6 is 0 Å². The predicted molar refractivity (Wildman–Crippen MR) is 46.5 cm³/mol. The van der Waals surface area contributed by atoms with Gasteiger partial charge in [0.1, 0.15) is 0 Å². The Bertz CT molecular complexity index is 229. The van der Waals surface area contributed by atoms with Crippen LogP contribution in [0.1, 0.15) is 13.8 Å². The second-order valence-corrected chi connectivity index (χ2v) is 2.89. The van der Waals surface area contributed by atoms with Gasteiger partial charge in [0.15, 0.2) is 0 Å². The lowest BCUT2D eigenvalue weighted by molar-refractivity contribution is -0.142. The van der Waals surface area contributed by atoms with Gasteiger partial charge >= 0.3 is 5.97 Å². The second-order valence-electron chi connectivity index (χ2n) is 2.89. The Morgan fingerprint density at radius 3 is 2.92 bits per heavy atom. The summed E-state index contributed by atoms with van der Waals surface area (Å²) in [5.41, 5.74) is 0.672. The Labute approximate surface area is 72.1 Å². The van der Waals surface area contributed by atoms with Crippen molar-refractivity contribution in [2.75, 3.05) is 6.54 Å². The highest BCUT2D eigenvalue weighted by Crippen LogP contribution is 2.03. The molecule has 3 heteroatoms.